The third kappa shape index (κ3) is 2.90. The molecule has 1 N–H and O–H groups in total. The van der Waals surface area contributed by atoms with Gasteiger partial charge in [0.1, 0.15) is 5.75 Å². The molecular formula is C15H14ClNO. The summed E-state index contributed by atoms with van der Waals surface area (Å²) in [5.74, 6) is 0.225. The monoisotopic (exact) mass is 259 g/mol. The van der Waals surface area contributed by atoms with Gasteiger partial charge in [0, 0.05) is 16.8 Å². The molecule has 0 aliphatic rings. The predicted octanol–water partition coefficient (Wildman–Crippen LogP) is 4.41. The predicted molar refractivity (Wildman–Crippen MR) is 76.3 cm³/mol. The minimum atomic E-state index is 0.225. The largest absolute Gasteiger partial charge is 0.507 e. The molecule has 0 aliphatic carbocycles. The molecule has 0 heterocycles. The minimum absolute atomic E-state index is 0.225. The zero-order valence-corrected chi connectivity index (χ0v) is 11.1. The van der Waals surface area contributed by atoms with E-state index in [9.17, 15) is 5.11 Å². The number of hydrogen-bond donors (Lipinski definition) is 1. The van der Waals surface area contributed by atoms with Gasteiger partial charge < -0.3 is 5.11 Å². The molecule has 0 saturated carbocycles. The van der Waals surface area contributed by atoms with Crippen LogP contribution in [0, 0.1) is 13.8 Å². The van der Waals surface area contributed by atoms with Gasteiger partial charge in [-0.15, -0.1) is 0 Å². The summed E-state index contributed by atoms with van der Waals surface area (Å²) in [6.07, 6.45) is 1.64. The first-order chi connectivity index (χ1) is 8.56. The average Bonchev–Trinajstić information content (AvgIpc) is 2.34. The number of rotatable bonds is 2. The topological polar surface area (TPSA) is 32.6 Å². The SMILES string of the molecule is Cc1ccc(O)c(C=Nc2ccc(C)c(Cl)c2)c1. The van der Waals surface area contributed by atoms with Crippen LogP contribution < -0.4 is 0 Å². The third-order valence-corrected chi connectivity index (χ3v) is 3.10. The molecule has 0 saturated heterocycles. The smallest absolute Gasteiger partial charge is 0.124 e. The standard InChI is InChI=1S/C15H14ClNO/c1-10-3-6-15(18)12(7-10)9-17-13-5-4-11(2)14(16)8-13/h3-9,18H,1-2H3. The van der Waals surface area contributed by atoms with Gasteiger partial charge >= 0.3 is 0 Å². The summed E-state index contributed by atoms with van der Waals surface area (Å²) in [6.45, 7) is 3.92. The fourth-order valence-electron chi connectivity index (χ4n) is 1.58. The molecular weight excluding hydrogens is 246 g/mol. The minimum Gasteiger partial charge on any atom is -0.507 e. The van der Waals surface area contributed by atoms with Crippen molar-refractivity contribution in [2.75, 3.05) is 0 Å². The highest BCUT2D eigenvalue weighted by Gasteiger charge is 1.99. The summed E-state index contributed by atoms with van der Waals surface area (Å²) in [5.41, 5.74) is 3.57. The normalized spacial score (nSPS) is 11.1. The molecule has 2 nitrogen and oxygen atoms in total. The van der Waals surface area contributed by atoms with E-state index in [4.69, 9.17) is 11.6 Å². The van der Waals surface area contributed by atoms with Crippen molar-refractivity contribution in [1.29, 1.82) is 0 Å². The number of benzene rings is 2. The Labute approximate surface area is 112 Å². The summed E-state index contributed by atoms with van der Waals surface area (Å²) in [6, 6.07) is 11.0. The Bertz CT molecular complexity index is 605. The van der Waals surface area contributed by atoms with Crippen molar-refractivity contribution in [3.05, 3.63) is 58.1 Å². The lowest BCUT2D eigenvalue weighted by Crippen LogP contribution is -1.84. The Morgan fingerprint density at radius 1 is 1.11 bits per heavy atom. The first kappa shape index (κ1) is 12.7. The van der Waals surface area contributed by atoms with E-state index in [1.165, 1.54) is 0 Å². The van der Waals surface area contributed by atoms with Gasteiger partial charge in [-0.1, -0.05) is 29.3 Å². The number of phenols is 1. The number of aryl methyl sites for hydroxylation is 2. The number of hydrogen-bond acceptors (Lipinski definition) is 2. The summed E-state index contributed by atoms with van der Waals surface area (Å²) in [4.78, 5) is 4.31. The molecule has 0 radical (unpaired) electrons. The second-order valence-electron chi connectivity index (χ2n) is 4.25. The molecule has 2 aromatic carbocycles. The molecule has 0 unspecified atom stereocenters. The van der Waals surface area contributed by atoms with Crippen LogP contribution >= 0.6 is 11.6 Å². The summed E-state index contributed by atoms with van der Waals surface area (Å²) in [5, 5.41) is 10.4. The van der Waals surface area contributed by atoms with E-state index < -0.39 is 0 Å². The third-order valence-electron chi connectivity index (χ3n) is 2.69. The van der Waals surface area contributed by atoms with Gasteiger partial charge in [-0.3, -0.25) is 4.99 Å². The Balaban J connectivity index is 2.29. The lowest BCUT2D eigenvalue weighted by atomic mass is 10.1. The molecule has 0 spiro atoms. The molecule has 92 valence electrons. The van der Waals surface area contributed by atoms with E-state index in [1.807, 2.05) is 38.1 Å². The van der Waals surface area contributed by atoms with Crippen LogP contribution in [0.2, 0.25) is 5.02 Å². The van der Waals surface area contributed by atoms with Crippen molar-refractivity contribution in [2.45, 2.75) is 13.8 Å². The number of aliphatic imine (C=N–C) groups is 1. The molecule has 3 heteroatoms. The van der Waals surface area contributed by atoms with E-state index in [0.29, 0.717) is 10.6 Å². The van der Waals surface area contributed by atoms with Gasteiger partial charge in [0.15, 0.2) is 0 Å². The second kappa shape index (κ2) is 5.23. The summed E-state index contributed by atoms with van der Waals surface area (Å²) >= 11 is 6.03. The number of nitrogens with zero attached hydrogens (tertiary/aromatic N) is 1. The van der Waals surface area contributed by atoms with Crippen LogP contribution in [0.15, 0.2) is 41.4 Å². The van der Waals surface area contributed by atoms with E-state index >= 15 is 0 Å². The Morgan fingerprint density at radius 3 is 2.61 bits per heavy atom. The fourth-order valence-corrected chi connectivity index (χ4v) is 1.76. The van der Waals surface area contributed by atoms with Gasteiger partial charge in [0.05, 0.1) is 5.69 Å². The first-order valence-electron chi connectivity index (χ1n) is 5.66. The molecule has 18 heavy (non-hydrogen) atoms. The van der Waals surface area contributed by atoms with Crippen LogP contribution in [0.4, 0.5) is 5.69 Å². The van der Waals surface area contributed by atoms with E-state index in [-0.39, 0.29) is 5.75 Å². The van der Waals surface area contributed by atoms with Crippen molar-refractivity contribution in [3.8, 4) is 5.75 Å². The van der Waals surface area contributed by atoms with Crippen molar-refractivity contribution in [3.63, 3.8) is 0 Å². The number of phenolic OH excluding ortho intramolecular Hbond substituents is 1. The van der Waals surface area contributed by atoms with Crippen molar-refractivity contribution >= 4 is 23.5 Å². The highest BCUT2D eigenvalue weighted by atomic mass is 35.5. The summed E-state index contributed by atoms with van der Waals surface area (Å²) < 4.78 is 0. The molecule has 0 fully saturated rings. The molecule has 0 amide bonds. The van der Waals surface area contributed by atoms with Gasteiger partial charge in [0.2, 0.25) is 0 Å². The van der Waals surface area contributed by atoms with Crippen LogP contribution in [0.5, 0.6) is 5.75 Å². The zero-order chi connectivity index (χ0) is 13.1. The van der Waals surface area contributed by atoms with Gasteiger partial charge in [-0.05, 0) is 43.7 Å². The highest BCUT2D eigenvalue weighted by Crippen LogP contribution is 2.23. The molecule has 0 aliphatic heterocycles. The van der Waals surface area contributed by atoms with Crippen LogP contribution in [-0.2, 0) is 0 Å². The Morgan fingerprint density at radius 2 is 1.89 bits per heavy atom. The quantitative estimate of drug-likeness (QED) is 0.796. The lowest BCUT2D eigenvalue weighted by molar-refractivity contribution is 0.474. The summed E-state index contributed by atoms with van der Waals surface area (Å²) in [7, 11) is 0. The molecule has 0 aromatic heterocycles. The van der Waals surface area contributed by atoms with Crippen molar-refractivity contribution < 1.29 is 5.11 Å². The molecule has 2 rings (SSSR count). The molecule has 2 aromatic rings. The molecule has 0 atom stereocenters. The van der Waals surface area contributed by atoms with E-state index in [0.717, 1.165) is 16.8 Å². The second-order valence-corrected chi connectivity index (χ2v) is 4.66. The maximum atomic E-state index is 9.69. The van der Waals surface area contributed by atoms with Crippen LogP contribution in [0.25, 0.3) is 0 Å². The number of aromatic hydroxyl groups is 1. The number of halogens is 1. The van der Waals surface area contributed by atoms with Crippen molar-refractivity contribution in [1.82, 2.24) is 0 Å². The van der Waals surface area contributed by atoms with Crippen LogP contribution in [0.1, 0.15) is 16.7 Å². The average molecular weight is 260 g/mol. The van der Waals surface area contributed by atoms with Crippen LogP contribution in [0.3, 0.4) is 0 Å². The Kier molecular flexibility index (Phi) is 3.68. The van der Waals surface area contributed by atoms with Gasteiger partial charge in [0.25, 0.3) is 0 Å². The van der Waals surface area contributed by atoms with Gasteiger partial charge in [-0.2, -0.15) is 0 Å². The van der Waals surface area contributed by atoms with Crippen LogP contribution in [-0.4, -0.2) is 11.3 Å². The first-order valence-corrected chi connectivity index (χ1v) is 6.04. The molecule has 0 bridgehead atoms. The Hall–Kier alpha value is -1.80. The zero-order valence-electron chi connectivity index (χ0n) is 10.3. The maximum Gasteiger partial charge on any atom is 0.124 e. The lowest BCUT2D eigenvalue weighted by Gasteiger charge is -2.01. The van der Waals surface area contributed by atoms with Gasteiger partial charge in [-0.25, -0.2) is 0 Å². The fraction of sp³-hybridized carbons (Fsp3) is 0.133. The maximum absolute atomic E-state index is 9.69. The highest BCUT2D eigenvalue weighted by molar-refractivity contribution is 6.31. The van der Waals surface area contributed by atoms with E-state index in [1.54, 1.807) is 18.3 Å². The van der Waals surface area contributed by atoms with E-state index in [2.05, 4.69) is 4.99 Å². The van der Waals surface area contributed by atoms with Crippen molar-refractivity contribution in [2.24, 2.45) is 4.99 Å².